The largest absolute Gasteiger partial charge is 0.508 e. The number of phenols is 1. The number of pyridine rings is 1. The van der Waals surface area contributed by atoms with Gasteiger partial charge in [0, 0.05) is 36.3 Å². The minimum Gasteiger partial charge on any atom is -0.508 e. The summed E-state index contributed by atoms with van der Waals surface area (Å²) in [7, 11) is 0. The number of fused-ring (bicyclic) bond motifs is 1. The first-order valence-electron chi connectivity index (χ1n) is 8.69. The van der Waals surface area contributed by atoms with Crippen molar-refractivity contribution >= 4 is 10.9 Å². The molecule has 0 unspecified atom stereocenters. The summed E-state index contributed by atoms with van der Waals surface area (Å²) in [6, 6.07) is 16.2. The number of rotatable bonds is 3. The van der Waals surface area contributed by atoms with Gasteiger partial charge in [0.15, 0.2) is 0 Å². The lowest BCUT2D eigenvalue weighted by molar-refractivity contribution is 0.0339. The van der Waals surface area contributed by atoms with Gasteiger partial charge in [-0.15, -0.1) is 0 Å². The predicted octanol–water partition coefficient (Wildman–Crippen LogP) is 3.75. The van der Waals surface area contributed by atoms with Crippen LogP contribution in [-0.2, 0) is 11.3 Å². The molecule has 4 heteroatoms. The van der Waals surface area contributed by atoms with E-state index >= 15 is 0 Å². The molecule has 25 heavy (non-hydrogen) atoms. The third-order valence-corrected chi connectivity index (χ3v) is 4.73. The van der Waals surface area contributed by atoms with Crippen LogP contribution in [0, 0.1) is 6.92 Å². The number of benzene rings is 2. The lowest BCUT2D eigenvalue weighted by Gasteiger charge is -2.27. The van der Waals surface area contributed by atoms with Crippen molar-refractivity contribution in [1.82, 2.24) is 9.88 Å². The quantitative estimate of drug-likeness (QED) is 0.792. The average molecular weight is 334 g/mol. The Morgan fingerprint density at radius 3 is 2.72 bits per heavy atom. The zero-order valence-electron chi connectivity index (χ0n) is 14.4. The second-order valence-electron chi connectivity index (χ2n) is 6.56. The minimum absolute atomic E-state index is 0.352. The molecule has 128 valence electrons. The van der Waals surface area contributed by atoms with Crippen LogP contribution in [0.3, 0.4) is 0 Å². The fourth-order valence-electron chi connectivity index (χ4n) is 3.43. The predicted molar refractivity (Wildman–Crippen MR) is 99.7 cm³/mol. The number of phenolic OH excluding ortho intramolecular Hbond substituents is 1. The van der Waals surface area contributed by atoms with Crippen molar-refractivity contribution in [3.05, 3.63) is 59.8 Å². The Hall–Kier alpha value is -2.43. The molecule has 4 nitrogen and oxygen atoms in total. The van der Waals surface area contributed by atoms with Gasteiger partial charge >= 0.3 is 0 Å². The van der Waals surface area contributed by atoms with Crippen LogP contribution in [0.15, 0.2) is 48.5 Å². The molecule has 4 rings (SSSR count). The Morgan fingerprint density at radius 2 is 1.88 bits per heavy atom. The molecule has 1 N–H and O–H groups in total. The van der Waals surface area contributed by atoms with Crippen molar-refractivity contribution in [3.8, 4) is 16.9 Å². The molecule has 1 saturated heterocycles. The number of hydrogen-bond acceptors (Lipinski definition) is 4. The van der Waals surface area contributed by atoms with E-state index < -0.39 is 0 Å². The Balaban J connectivity index is 1.75. The molecule has 1 fully saturated rings. The lowest BCUT2D eigenvalue weighted by atomic mass is 9.98. The maximum absolute atomic E-state index is 10.3. The molecule has 1 aromatic heterocycles. The van der Waals surface area contributed by atoms with Gasteiger partial charge in [-0.25, -0.2) is 0 Å². The molecule has 0 bridgehead atoms. The van der Waals surface area contributed by atoms with Crippen LogP contribution in [0.25, 0.3) is 22.0 Å². The first-order valence-corrected chi connectivity index (χ1v) is 8.69. The van der Waals surface area contributed by atoms with E-state index in [1.54, 1.807) is 6.07 Å². The van der Waals surface area contributed by atoms with Crippen LogP contribution >= 0.6 is 0 Å². The third kappa shape index (κ3) is 3.36. The highest BCUT2D eigenvalue weighted by atomic mass is 16.5. The van der Waals surface area contributed by atoms with Gasteiger partial charge in [-0.3, -0.25) is 9.88 Å². The number of morpholine rings is 1. The molecular formula is C21H22N2O2. The van der Waals surface area contributed by atoms with E-state index in [-0.39, 0.29) is 0 Å². The van der Waals surface area contributed by atoms with Crippen LogP contribution in [-0.4, -0.2) is 41.3 Å². The standard InChI is InChI=1S/C21H22N2O2/c1-15-12-19(18-4-2-3-5-20(18)22-15)16-6-7-21(24)17(13-16)14-23-8-10-25-11-9-23/h2-7,12-13,24H,8-11,14H2,1H3. The highest BCUT2D eigenvalue weighted by Crippen LogP contribution is 2.32. The van der Waals surface area contributed by atoms with Gasteiger partial charge in [0.1, 0.15) is 5.75 Å². The Kier molecular flexibility index (Phi) is 4.38. The summed E-state index contributed by atoms with van der Waals surface area (Å²) in [4.78, 5) is 6.94. The zero-order valence-corrected chi connectivity index (χ0v) is 14.4. The van der Waals surface area contributed by atoms with Crippen LogP contribution < -0.4 is 0 Å². The molecule has 1 aliphatic rings. The monoisotopic (exact) mass is 334 g/mol. The van der Waals surface area contributed by atoms with Gasteiger partial charge in [0.25, 0.3) is 0 Å². The molecule has 0 saturated carbocycles. The highest BCUT2D eigenvalue weighted by molar-refractivity contribution is 5.94. The van der Waals surface area contributed by atoms with E-state index in [1.807, 2.05) is 31.2 Å². The molecule has 1 aliphatic heterocycles. The van der Waals surface area contributed by atoms with E-state index in [4.69, 9.17) is 4.74 Å². The summed E-state index contributed by atoms with van der Waals surface area (Å²) >= 11 is 0. The van der Waals surface area contributed by atoms with Crippen molar-refractivity contribution < 1.29 is 9.84 Å². The van der Waals surface area contributed by atoms with Gasteiger partial charge < -0.3 is 9.84 Å². The molecule has 2 aromatic carbocycles. The summed E-state index contributed by atoms with van der Waals surface area (Å²) in [6.07, 6.45) is 0. The Morgan fingerprint density at radius 1 is 1.08 bits per heavy atom. The second-order valence-corrected chi connectivity index (χ2v) is 6.56. The van der Waals surface area contributed by atoms with Gasteiger partial charge in [-0.1, -0.05) is 24.3 Å². The topological polar surface area (TPSA) is 45.6 Å². The fourth-order valence-corrected chi connectivity index (χ4v) is 3.43. The van der Waals surface area contributed by atoms with Crippen molar-refractivity contribution in [2.45, 2.75) is 13.5 Å². The SMILES string of the molecule is Cc1cc(-c2ccc(O)c(CN3CCOCC3)c2)c2ccccc2n1. The number of hydrogen-bond donors (Lipinski definition) is 1. The molecule has 0 amide bonds. The maximum atomic E-state index is 10.3. The van der Waals surface area contributed by atoms with E-state index in [0.29, 0.717) is 5.75 Å². The summed E-state index contributed by atoms with van der Waals surface area (Å²) in [5, 5.41) is 11.4. The molecule has 0 aliphatic carbocycles. The lowest BCUT2D eigenvalue weighted by Crippen LogP contribution is -2.35. The number of aromatic nitrogens is 1. The van der Waals surface area contributed by atoms with Crippen LogP contribution in [0.2, 0.25) is 0 Å². The van der Waals surface area contributed by atoms with Crippen molar-refractivity contribution in [1.29, 1.82) is 0 Å². The normalized spacial score (nSPS) is 15.6. The fraction of sp³-hybridized carbons (Fsp3) is 0.286. The molecule has 3 aromatic rings. The average Bonchev–Trinajstić information content (AvgIpc) is 2.64. The first kappa shape index (κ1) is 16.1. The Labute approximate surface area is 147 Å². The van der Waals surface area contributed by atoms with Crippen molar-refractivity contribution in [2.75, 3.05) is 26.3 Å². The summed E-state index contributed by atoms with van der Waals surface area (Å²) in [6.45, 7) is 6.08. The highest BCUT2D eigenvalue weighted by Gasteiger charge is 2.14. The van der Waals surface area contributed by atoms with E-state index in [9.17, 15) is 5.11 Å². The van der Waals surface area contributed by atoms with Gasteiger partial charge in [-0.05, 0) is 42.3 Å². The number of aromatic hydroxyl groups is 1. The van der Waals surface area contributed by atoms with Crippen molar-refractivity contribution in [2.24, 2.45) is 0 Å². The number of aryl methyl sites for hydroxylation is 1. The zero-order chi connectivity index (χ0) is 17.2. The van der Waals surface area contributed by atoms with Gasteiger partial charge in [0.05, 0.1) is 18.7 Å². The molecule has 0 atom stereocenters. The van der Waals surface area contributed by atoms with Gasteiger partial charge in [0.2, 0.25) is 0 Å². The summed E-state index contributed by atoms with van der Waals surface area (Å²) < 4.78 is 5.41. The molecular weight excluding hydrogens is 312 g/mol. The van der Waals surface area contributed by atoms with Crippen LogP contribution in [0.5, 0.6) is 5.75 Å². The minimum atomic E-state index is 0.352. The third-order valence-electron chi connectivity index (χ3n) is 4.73. The Bertz CT molecular complexity index is 902. The number of para-hydroxylation sites is 1. The van der Waals surface area contributed by atoms with E-state index in [1.165, 1.54) is 0 Å². The van der Waals surface area contributed by atoms with E-state index in [0.717, 1.165) is 66.1 Å². The summed E-state index contributed by atoms with van der Waals surface area (Å²) in [5.74, 6) is 0.352. The molecule has 2 heterocycles. The molecule has 0 spiro atoms. The number of nitrogens with zero attached hydrogens (tertiary/aromatic N) is 2. The first-order chi connectivity index (χ1) is 12.2. The van der Waals surface area contributed by atoms with Gasteiger partial charge in [-0.2, -0.15) is 0 Å². The van der Waals surface area contributed by atoms with Crippen LogP contribution in [0.4, 0.5) is 0 Å². The molecule has 0 radical (unpaired) electrons. The maximum Gasteiger partial charge on any atom is 0.120 e. The van der Waals surface area contributed by atoms with Crippen LogP contribution in [0.1, 0.15) is 11.3 Å². The summed E-state index contributed by atoms with van der Waals surface area (Å²) in [5.41, 5.74) is 5.23. The number of ether oxygens (including phenoxy) is 1. The second kappa shape index (κ2) is 6.82. The van der Waals surface area contributed by atoms with E-state index in [2.05, 4.69) is 28.1 Å². The smallest absolute Gasteiger partial charge is 0.120 e. The van der Waals surface area contributed by atoms with Crippen molar-refractivity contribution in [3.63, 3.8) is 0 Å².